The molecule has 0 heterocycles. The Bertz CT molecular complexity index is 249. The van der Waals surface area contributed by atoms with E-state index >= 15 is 0 Å². The van der Waals surface area contributed by atoms with Crippen LogP contribution in [-0.4, -0.2) is 0 Å². The molecule has 0 saturated carbocycles. The molecule has 1 rings (SSSR count). The fraction of sp³-hybridized carbons (Fsp3) is 0.143. The fourth-order valence-corrected chi connectivity index (χ4v) is 1.71. The summed E-state index contributed by atoms with van der Waals surface area (Å²) in [4.78, 5) is 0. The summed E-state index contributed by atoms with van der Waals surface area (Å²) >= 11 is 17.0. The van der Waals surface area contributed by atoms with E-state index in [1.807, 2.05) is 0 Å². The van der Waals surface area contributed by atoms with Gasteiger partial charge in [0.05, 0.1) is 5.88 Å². The normalized spacial score (nSPS) is 10.1. The largest absolute Gasteiger partial charge is 0.398 e. The molecular formula is C7H6Cl3N. The minimum atomic E-state index is 0.307. The topological polar surface area (TPSA) is 26.0 Å². The number of hydrogen-bond donors (Lipinski definition) is 1. The van der Waals surface area contributed by atoms with Crippen LogP contribution < -0.4 is 5.73 Å². The van der Waals surface area contributed by atoms with Crippen LogP contribution >= 0.6 is 34.8 Å². The highest BCUT2D eigenvalue weighted by Gasteiger charge is 2.04. The second-order valence-electron chi connectivity index (χ2n) is 2.09. The van der Waals surface area contributed by atoms with Crippen LogP contribution in [-0.2, 0) is 5.88 Å². The number of anilines is 1. The average molecular weight is 210 g/mol. The number of alkyl halides is 1. The third kappa shape index (κ3) is 1.92. The van der Waals surface area contributed by atoms with Gasteiger partial charge in [-0.05, 0) is 12.1 Å². The summed E-state index contributed by atoms with van der Waals surface area (Å²) < 4.78 is 0. The Kier molecular flexibility index (Phi) is 2.88. The molecule has 1 aromatic carbocycles. The maximum atomic E-state index is 5.79. The van der Waals surface area contributed by atoms with Crippen molar-refractivity contribution in [3.63, 3.8) is 0 Å². The standard InChI is InChI=1S/C7H6Cl3N/c8-3-5-6(10)1-4(9)2-7(5)11/h1-2H,3,11H2. The van der Waals surface area contributed by atoms with Crippen molar-refractivity contribution in [2.24, 2.45) is 0 Å². The van der Waals surface area contributed by atoms with Gasteiger partial charge in [-0.1, -0.05) is 23.2 Å². The summed E-state index contributed by atoms with van der Waals surface area (Å²) in [7, 11) is 0. The molecule has 1 nitrogen and oxygen atoms in total. The Morgan fingerprint density at radius 1 is 1.27 bits per heavy atom. The third-order valence-electron chi connectivity index (χ3n) is 1.33. The maximum absolute atomic E-state index is 5.79. The molecule has 0 radical (unpaired) electrons. The predicted octanol–water partition coefficient (Wildman–Crippen LogP) is 3.31. The molecule has 0 amide bonds. The number of nitrogens with two attached hydrogens (primary N) is 1. The maximum Gasteiger partial charge on any atom is 0.0509 e. The van der Waals surface area contributed by atoms with Crippen LogP contribution in [0.5, 0.6) is 0 Å². The van der Waals surface area contributed by atoms with E-state index in [1.54, 1.807) is 12.1 Å². The summed E-state index contributed by atoms with van der Waals surface area (Å²) in [5.41, 5.74) is 6.85. The number of rotatable bonds is 1. The van der Waals surface area contributed by atoms with E-state index in [0.29, 0.717) is 21.6 Å². The van der Waals surface area contributed by atoms with Crippen LogP contribution in [0.4, 0.5) is 5.69 Å². The monoisotopic (exact) mass is 209 g/mol. The average Bonchev–Trinajstić information content (AvgIpc) is 1.85. The molecule has 11 heavy (non-hydrogen) atoms. The Hall–Kier alpha value is -0.110. The van der Waals surface area contributed by atoms with E-state index in [-0.39, 0.29) is 0 Å². The van der Waals surface area contributed by atoms with Crippen molar-refractivity contribution in [3.8, 4) is 0 Å². The van der Waals surface area contributed by atoms with Crippen LogP contribution in [0.15, 0.2) is 12.1 Å². The molecule has 0 aromatic heterocycles. The molecule has 0 aliphatic heterocycles. The minimum Gasteiger partial charge on any atom is -0.398 e. The summed E-state index contributed by atoms with van der Waals surface area (Å²) in [6.45, 7) is 0. The van der Waals surface area contributed by atoms with Gasteiger partial charge in [-0.15, -0.1) is 11.6 Å². The molecular weight excluding hydrogens is 204 g/mol. The SMILES string of the molecule is Nc1cc(Cl)cc(Cl)c1CCl. The van der Waals surface area contributed by atoms with Gasteiger partial charge < -0.3 is 5.73 Å². The van der Waals surface area contributed by atoms with Gasteiger partial charge in [0.25, 0.3) is 0 Å². The zero-order valence-corrected chi connectivity index (χ0v) is 7.84. The van der Waals surface area contributed by atoms with Crippen molar-refractivity contribution >= 4 is 40.5 Å². The molecule has 0 spiro atoms. The highest BCUT2D eigenvalue weighted by molar-refractivity contribution is 6.36. The van der Waals surface area contributed by atoms with Crippen molar-refractivity contribution in [3.05, 3.63) is 27.7 Å². The highest BCUT2D eigenvalue weighted by Crippen LogP contribution is 2.28. The van der Waals surface area contributed by atoms with E-state index in [9.17, 15) is 0 Å². The van der Waals surface area contributed by atoms with Gasteiger partial charge in [-0.3, -0.25) is 0 Å². The van der Waals surface area contributed by atoms with Gasteiger partial charge in [0, 0.05) is 21.3 Å². The van der Waals surface area contributed by atoms with Gasteiger partial charge in [0.2, 0.25) is 0 Å². The van der Waals surface area contributed by atoms with Crippen molar-refractivity contribution < 1.29 is 0 Å². The van der Waals surface area contributed by atoms with E-state index in [2.05, 4.69) is 0 Å². The fourth-order valence-electron chi connectivity index (χ4n) is 0.764. The summed E-state index contributed by atoms with van der Waals surface area (Å²) in [5.74, 6) is 0.307. The predicted molar refractivity (Wildman–Crippen MR) is 50.4 cm³/mol. The van der Waals surface area contributed by atoms with Crippen molar-refractivity contribution in [2.45, 2.75) is 5.88 Å². The quantitative estimate of drug-likeness (QED) is 0.558. The van der Waals surface area contributed by atoms with Crippen molar-refractivity contribution in [1.82, 2.24) is 0 Å². The number of halogens is 3. The van der Waals surface area contributed by atoms with E-state index < -0.39 is 0 Å². The first-order valence-electron chi connectivity index (χ1n) is 2.94. The molecule has 0 saturated heterocycles. The van der Waals surface area contributed by atoms with Gasteiger partial charge >= 0.3 is 0 Å². The van der Waals surface area contributed by atoms with E-state index in [0.717, 1.165) is 5.56 Å². The van der Waals surface area contributed by atoms with E-state index in [4.69, 9.17) is 40.5 Å². The number of benzene rings is 1. The summed E-state index contributed by atoms with van der Waals surface area (Å²) in [6, 6.07) is 3.25. The lowest BCUT2D eigenvalue weighted by Crippen LogP contribution is -1.92. The summed E-state index contributed by atoms with van der Waals surface area (Å²) in [5, 5.41) is 1.05. The summed E-state index contributed by atoms with van der Waals surface area (Å²) in [6.07, 6.45) is 0. The molecule has 1 aromatic rings. The number of nitrogen functional groups attached to an aromatic ring is 1. The van der Waals surface area contributed by atoms with Crippen LogP contribution in [0.2, 0.25) is 10.0 Å². The zero-order chi connectivity index (χ0) is 8.43. The van der Waals surface area contributed by atoms with Gasteiger partial charge in [0.15, 0.2) is 0 Å². The Balaban J connectivity index is 3.25. The van der Waals surface area contributed by atoms with E-state index in [1.165, 1.54) is 0 Å². The second kappa shape index (κ2) is 3.53. The number of hydrogen-bond acceptors (Lipinski definition) is 1. The first kappa shape index (κ1) is 8.98. The smallest absolute Gasteiger partial charge is 0.0509 e. The lowest BCUT2D eigenvalue weighted by Gasteiger charge is -2.04. The molecule has 60 valence electrons. The Morgan fingerprint density at radius 2 is 1.91 bits per heavy atom. The molecule has 0 aliphatic carbocycles. The van der Waals surface area contributed by atoms with Gasteiger partial charge in [-0.2, -0.15) is 0 Å². The third-order valence-corrected chi connectivity index (χ3v) is 2.15. The first-order valence-corrected chi connectivity index (χ1v) is 4.23. The van der Waals surface area contributed by atoms with Crippen LogP contribution in [0.3, 0.4) is 0 Å². The lowest BCUT2D eigenvalue weighted by atomic mass is 10.2. The molecule has 2 N–H and O–H groups in total. The zero-order valence-electron chi connectivity index (χ0n) is 5.57. The molecule has 0 unspecified atom stereocenters. The molecule has 0 atom stereocenters. The lowest BCUT2D eigenvalue weighted by molar-refractivity contribution is 1.41. The van der Waals surface area contributed by atoms with Crippen LogP contribution in [0, 0.1) is 0 Å². The Morgan fingerprint density at radius 3 is 2.36 bits per heavy atom. The van der Waals surface area contributed by atoms with Crippen molar-refractivity contribution in [1.29, 1.82) is 0 Å². The molecule has 4 heteroatoms. The van der Waals surface area contributed by atoms with Gasteiger partial charge in [0.1, 0.15) is 0 Å². The highest BCUT2D eigenvalue weighted by atomic mass is 35.5. The molecule has 0 aliphatic rings. The van der Waals surface area contributed by atoms with Crippen LogP contribution in [0.25, 0.3) is 0 Å². The van der Waals surface area contributed by atoms with Crippen molar-refractivity contribution in [2.75, 3.05) is 5.73 Å². The molecule has 0 fully saturated rings. The second-order valence-corrected chi connectivity index (χ2v) is 3.20. The van der Waals surface area contributed by atoms with Crippen LogP contribution in [0.1, 0.15) is 5.56 Å². The minimum absolute atomic E-state index is 0.307. The first-order chi connectivity index (χ1) is 5.15. The Labute approximate surface area is 80.0 Å². The molecule has 0 bridgehead atoms. The van der Waals surface area contributed by atoms with Gasteiger partial charge in [-0.25, -0.2) is 0 Å².